The number of benzene rings is 1. The molecule has 3 aromatic rings. The Balaban J connectivity index is 1.37. The molecule has 8 nitrogen and oxygen atoms in total. The third-order valence-electron chi connectivity index (χ3n) is 7.08. The van der Waals surface area contributed by atoms with E-state index in [0.29, 0.717) is 30.6 Å². The quantitative estimate of drug-likeness (QED) is 0.455. The molecule has 1 aliphatic carbocycles. The summed E-state index contributed by atoms with van der Waals surface area (Å²) in [5.74, 6) is -2.10. The van der Waals surface area contributed by atoms with Gasteiger partial charge >= 0.3 is 12.6 Å². The van der Waals surface area contributed by atoms with E-state index < -0.39 is 30.3 Å². The Morgan fingerprint density at radius 2 is 1.89 bits per heavy atom. The number of alkyl halides is 2. The van der Waals surface area contributed by atoms with Crippen molar-refractivity contribution in [1.82, 2.24) is 15.1 Å². The number of anilines is 1. The lowest BCUT2D eigenvalue weighted by atomic mass is 9.89. The van der Waals surface area contributed by atoms with Crippen LogP contribution in [0.1, 0.15) is 66.9 Å². The van der Waals surface area contributed by atoms with Crippen LogP contribution in [-0.2, 0) is 9.63 Å². The first-order valence-electron chi connectivity index (χ1n) is 12.4. The second-order valence-corrected chi connectivity index (χ2v) is 9.34. The number of hydrogen-bond donors (Lipinski definition) is 1. The van der Waals surface area contributed by atoms with Crippen LogP contribution in [0, 0.1) is 11.7 Å². The maximum atomic E-state index is 14.8. The first-order valence-corrected chi connectivity index (χ1v) is 12.4. The molecule has 37 heavy (non-hydrogen) atoms. The smallest absolute Gasteiger partial charge is 0.387 e. The Kier molecular flexibility index (Phi) is 7.20. The molecule has 1 aromatic carbocycles. The summed E-state index contributed by atoms with van der Waals surface area (Å²) >= 11 is 0. The molecule has 0 spiro atoms. The number of pyridine rings is 1. The van der Waals surface area contributed by atoms with E-state index in [4.69, 9.17) is 4.84 Å². The van der Waals surface area contributed by atoms with Gasteiger partial charge in [-0.3, -0.25) is 4.79 Å². The highest BCUT2D eigenvalue weighted by molar-refractivity contribution is 6.01. The van der Waals surface area contributed by atoms with Crippen molar-refractivity contribution in [1.29, 1.82) is 0 Å². The third-order valence-corrected chi connectivity index (χ3v) is 7.08. The maximum absolute atomic E-state index is 14.8. The number of hydrogen-bond acceptors (Lipinski definition) is 6. The van der Waals surface area contributed by atoms with E-state index in [1.54, 1.807) is 18.3 Å². The fourth-order valence-corrected chi connectivity index (χ4v) is 5.31. The van der Waals surface area contributed by atoms with Crippen molar-refractivity contribution in [3.8, 4) is 5.75 Å². The van der Waals surface area contributed by atoms with Crippen molar-refractivity contribution < 1.29 is 32.3 Å². The average Bonchev–Trinajstić information content (AvgIpc) is 3.54. The predicted molar refractivity (Wildman–Crippen MR) is 128 cm³/mol. The molecule has 1 saturated heterocycles. The van der Waals surface area contributed by atoms with Crippen LogP contribution < -0.4 is 15.1 Å². The number of aromatic nitrogens is 2. The molecule has 5 rings (SSSR count). The Morgan fingerprint density at radius 3 is 2.68 bits per heavy atom. The molecule has 1 aliphatic heterocycles. The molecular weight excluding hydrogens is 489 g/mol. The minimum Gasteiger partial charge on any atom is -0.434 e. The van der Waals surface area contributed by atoms with Crippen LogP contribution in [0.4, 0.5) is 18.9 Å². The highest BCUT2D eigenvalue weighted by atomic mass is 19.3. The fourth-order valence-electron chi connectivity index (χ4n) is 5.31. The van der Waals surface area contributed by atoms with Crippen molar-refractivity contribution >= 4 is 23.1 Å². The second-order valence-electron chi connectivity index (χ2n) is 9.34. The minimum atomic E-state index is -3.08. The summed E-state index contributed by atoms with van der Waals surface area (Å²) in [5.41, 5.74) is 3.62. The topological polar surface area (TPSA) is 85.2 Å². The normalized spacial score (nSPS) is 18.4. The van der Waals surface area contributed by atoms with Gasteiger partial charge in [0.15, 0.2) is 0 Å². The number of rotatable bonds is 6. The van der Waals surface area contributed by atoms with E-state index in [9.17, 15) is 22.8 Å². The van der Waals surface area contributed by atoms with E-state index in [0.717, 1.165) is 32.1 Å². The third kappa shape index (κ3) is 5.21. The molecule has 2 aliphatic rings. The standard InChI is InChI=1S/C26H27F3N4O4/c27-19-8-4-10-22(36-26(28)29)23(19)20-9-5-12-32(20)17-11-13-33-21(14-17)18(15-30-33)24(34)31-37-25(35)16-6-2-1-3-7-16/h4,8,10-11,13-16,20,26H,1-3,5-7,9,12H2,(H,31,34)/t20-/m1/s1. The van der Waals surface area contributed by atoms with Gasteiger partial charge in [0.1, 0.15) is 11.6 Å². The van der Waals surface area contributed by atoms with Gasteiger partial charge in [-0.25, -0.2) is 13.7 Å². The number of nitrogens with one attached hydrogen (secondary N) is 1. The Labute approximate surface area is 211 Å². The highest BCUT2D eigenvalue weighted by Gasteiger charge is 2.32. The summed E-state index contributed by atoms with van der Waals surface area (Å²) < 4.78 is 46.9. The summed E-state index contributed by atoms with van der Waals surface area (Å²) in [4.78, 5) is 32.1. The van der Waals surface area contributed by atoms with E-state index >= 15 is 0 Å². The SMILES string of the molecule is O=C(NOC(=O)C1CCCCC1)c1cnn2ccc(N3CCC[C@@H]3c3c(F)cccc3OC(F)F)cc12. The molecule has 1 saturated carbocycles. The lowest BCUT2D eigenvalue weighted by Gasteiger charge is -2.29. The molecule has 0 radical (unpaired) electrons. The first-order chi connectivity index (χ1) is 17.9. The monoisotopic (exact) mass is 516 g/mol. The van der Waals surface area contributed by atoms with Gasteiger partial charge in [-0.05, 0) is 49.9 Å². The van der Waals surface area contributed by atoms with Crippen LogP contribution in [0.15, 0.2) is 42.7 Å². The van der Waals surface area contributed by atoms with Crippen LogP contribution >= 0.6 is 0 Å². The number of fused-ring (bicyclic) bond motifs is 1. The minimum absolute atomic E-state index is 0.0706. The number of nitrogens with zero attached hydrogens (tertiary/aromatic N) is 3. The number of amides is 1. The molecule has 196 valence electrons. The Hall–Kier alpha value is -3.76. The lowest BCUT2D eigenvalue weighted by molar-refractivity contribution is -0.155. The molecule has 2 aromatic heterocycles. The van der Waals surface area contributed by atoms with Crippen molar-refractivity contribution in [2.24, 2.45) is 5.92 Å². The summed E-state index contributed by atoms with van der Waals surface area (Å²) in [7, 11) is 0. The van der Waals surface area contributed by atoms with Crippen LogP contribution in [0.3, 0.4) is 0 Å². The van der Waals surface area contributed by atoms with Gasteiger partial charge in [-0.2, -0.15) is 19.4 Å². The van der Waals surface area contributed by atoms with Gasteiger partial charge in [0.05, 0.1) is 34.8 Å². The number of halogens is 3. The Morgan fingerprint density at radius 1 is 1.08 bits per heavy atom. The van der Waals surface area contributed by atoms with Gasteiger partial charge in [-0.1, -0.05) is 25.3 Å². The van der Waals surface area contributed by atoms with Crippen LogP contribution in [0.2, 0.25) is 0 Å². The zero-order valence-electron chi connectivity index (χ0n) is 20.0. The first kappa shape index (κ1) is 24.9. The van der Waals surface area contributed by atoms with Crippen molar-refractivity contribution in [2.75, 3.05) is 11.4 Å². The van der Waals surface area contributed by atoms with Gasteiger partial charge in [0.2, 0.25) is 0 Å². The summed E-state index contributed by atoms with van der Waals surface area (Å²) in [6.07, 6.45) is 8.79. The number of ether oxygens (including phenoxy) is 1. The maximum Gasteiger partial charge on any atom is 0.387 e. The largest absolute Gasteiger partial charge is 0.434 e. The second kappa shape index (κ2) is 10.7. The summed E-state index contributed by atoms with van der Waals surface area (Å²) in [6, 6.07) is 6.84. The van der Waals surface area contributed by atoms with E-state index in [1.165, 1.54) is 28.9 Å². The molecule has 11 heteroatoms. The Bertz CT molecular complexity index is 1290. The van der Waals surface area contributed by atoms with Crippen LogP contribution in [-0.4, -0.2) is 34.6 Å². The van der Waals surface area contributed by atoms with Crippen molar-refractivity contribution in [2.45, 2.75) is 57.6 Å². The van der Waals surface area contributed by atoms with Gasteiger partial charge in [0, 0.05) is 18.4 Å². The zero-order valence-corrected chi connectivity index (χ0v) is 20.0. The van der Waals surface area contributed by atoms with Gasteiger partial charge in [0.25, 0.3) is 5.91 Å². The summed E-state index contributed by atoms with van der Waals surface area (Å²) in [6.45, 7) is -2.52. The number of carbonyl (C=O) groups is 2. The number of carbonyl (C=O) groups excluding carboxylic acids is 2. The predicted octanol–water partition coefficient (Wildman–Crippen LogP) is 5.18. The molecule has 1 atom stereocenters. The van der Waals surface area contributed by atoms with Crippen LogP contribution in [0.5, 0.6) is 5.75 Å². The van der Waals surface area contributed by atoms with Gasteiger partial charge in [-0.15, -0.1) is 0 Å². The average molecular weight is 517 g/mol. The molecule has 2 fully saturated rings. The van der Waals surface area contributed by atoms with Crippen molar-refractivity contribution in [3.05, 3.63) is 59.7 Å². The highest BCUT2D eigenvalue weighted by Crippen LogP contribution is 2.42. The van der Waals surface area contributed by atoms with E-state index in [1.807, 2.05) is 4.90 Å². The molecule has 1 amide bonds. The van der Waals surface area contributed by atoms with E-state index in [-0.39, 0.29) is 22.8 Å². The van der Waals surface area contributed by atoms with E-state index in [2.05, 4.69) is 15.3 Å². The van der Waals surface area contributed by atoms with Crippen molar-refractivity contribution in [3.63, 3.8) is 0 Å². The molecule has 1 N–H and O–H groups in total. The molecule has 3 heterocycles. The molecule has 0 unspecified atom stereocenters. The van der Waals surface area contributed by atoms with Crippen LogP contribution in [0.25, 0.3) is 5.52 Å². The zero-order chi connectivity index (χ0) is 25.9. The fraction of sp³-hybridized carbons (Fsp3) is 0.423. The number of hydroxylamine groups is 1. The lowest BCUT2D eigenvalue weighted by Crippen LogP contribution is -2.31. The van der Waals surface area contributed by atoms with Gasteiger partial charge < -0.3 is 14.5 Å². The molecule has 0 bridgehead atoms. The molecular formula is C26H27F3N4O4. The summed E-state index contributed by atoms with van der Waals surface area (Å²) in [5, 5.41) is 4.20.